The molecule has 1 amide bonds. The molecule has 3 heterocycles. The van der Waals surface area contributed by atoms with Gasteiger partial charge in [-0.1, -0.05) is 0 Å². The Hall–Kier alpha value is -2.32. The molecule has 1 aromatic carbocycles. The number of fused-ring (bicyclic) bond motifs is 2. The lowest BCUT2D eigenvalue weighted by Crippen LogP contribution is -2.40. The summed E-state index contributed by atoms with van der Waals surface area (Å²) >= 11 is 1.31. The van der Waals surface area contributed by atoms with Gasteiger partial charge >= 0.3 is 5.97 Å². The van der Waals surface area contributed by atoms with Crippen LogP contribution in [0.25, 0.3) is 11.3 Å². The standard InChI is InChI=1S/C18H17FN2O4S/c1-8-15(9-2-4-10(19)5-3-9)20-18(26-8)21-16(22)13-11-6-7-12(25-11)14(13)17(23)24/h2-5,11-14H,6-7H2,1H3,(H,23,24)(H,20,21,22)/t11-,12+,13+,14-/m0/s1. The monoisotopic (exact) mass is 376 g/mol. The molecule has 2 fully saturated rings. The number of anilines is 1. The summed E-state index contributed by atoms with van der Waals surface area (Å²) < 4.78 is 18.7. The minimum Gasteiger partial charge on any atom is -0.481 e. The first-order valence-corrected chi connectivity index (χ1v) is 9.18. The molecule has 6 nitrogen and oxygen atoms in total. The Bertz CT molecular complexity index is 867. The molecule has 2 N–H and O–H groups in total. The maximum atomic E-state index is 13.1. The van der Waals surface area contributed by atoms with Crippen LogP contribution in [0.5, 0.6) is 0 Å². The predicted molar refractivity (Wildman–Crippen MR) is 93.4 cm³/mol. The summed E-state index contributed by atoms with van der Waals surface area (Å²) in [5.74, 6) is -3.22. The van der Waals surface area contributed by atoms with E-state index < -0.39 is 17.8 Å². The first-order valence-electron chi connectivity index (χ1n) is 8.36. The van der Waals surface area contributed by atoms with Crippen LogP contribution < -0.4 is 5.32 Å². The summed E-state index contributed by atoms with van der Waals surface area (Å²) in [7, 11) is 0. The third kappa shape index (κ3) is 2.89. The van der Waals surface area contributed by atoms with Crippen LogP contribution in [0.2, 0.25) is 0 Å². The highest BCUT2D eigenvalue weighted by Gasteiger charge is 2.55. The molecule has 0 radical (unpaired) electrons. The van der Waals surface area contributed by atoms with Crippen LogP contribution in [-0.2, 0) is 14.3 Å². The van der Waals surface area contributed by atoms with Crippen LogP contribution in [0.1, 0.15) is 17.7 Å². The van der Waals surface area contributed by atoms with Gasteiger partial charge in [-0.05, 0) is 44.0 Å². The van der Waals surface area contributed by atoms with Gasteiger partial charge in [0.05, 0.1) is 29.7 Å². The van der Waals surface area contributed by atoms with Crippen molar-refractivity contribution >= 4 is 28.3 Å². The van der Waals surface area contributed by atoms with Gasteiger partial charge in [0.1, 0.15) is 5.82 Å². The summed E-state index contributed by atoms with van der Waals surface area (Å²) in [6, 6.07) is 5.98. The summed E-state index contributed by atoms with van der Waals surface area (Å²) in [4.78, 5) is 29.5. The lowest BCUT2D eigenvalue weighted by molar-refractivity contribution is -0.147. The zero-order valence-electron chi connectivity index (χ0n) is 13.9. The van der Waals surface area contributed by atoms with Crippen molar-refractivity contribution in [2.75, 3.05) is 5.32 Å². The van der Waals surface area contributed by atoms with Gasteiger partial charge in [-0.25, -0.2) is 9.37 Å². The van der Waals surface area contributed by atoms with E-state index >= 15 is 0 Å². The van der Waals surface area contributed by atoms with Gasteiger partial charge in [0.25, 0.3) is 0 Å². The lowest BCUT2D eigenvalue weighted by Gasteiger charge is -2.23. The number of carbonyl (C=O) groups excluding carboxylic acids is 1. The summed E-state index contributed by atoms with van der Waals surface area (Å²) in [5, 5.41) is 12.6. The van der Waals surface area contributed by atoms with Crippen LogP contribution >= 0.6 is 11.3 Å². The molecular formula is C18H17FN2O4S. The predicted octanol–water partition coefficient (Wildman–Crippen LogP) is 3.07. The number of thiazole rings is 1. The second-order valence-corrected chi connectivity index (χ2v) is 7.80. The Labute approximate surface area is 153 Å². The van der Waals surface area contributed by atoms with Crippen LogP contribution in [0.15, 0.2) is 24.3 Å². The average Bonchev–Trinajstić information content (AvgIpc) is 3.29. The van der Waals surface area contributed by atoms with Crippen LogP contribution in [0.3, 0.4) is 0 Å². The van der Waals surface area contributed by atoms with E-state index in [1.54, 1.807) is 12.1 Å². The number of nitrogens with one attached hydrogen (secondary N) is 1. The first kappa shape index (κ1) is 17.1. The number of carboxylic acids is 1. The number of halogens is 1. The molecule has 4 rings (SSSR count). The van der Waals surface area contributed by atoms with Gasteiger partial charge in [0.15, 0.2) is 5.13 Å². The second kappa shape index (κ2) is 6.44. The van der Waals surface area contributed by atoms with Crippen LogP contribution in [0, 0.1) is 24.6 Å². The zero-order valence-corrected chi connectivity index (χ0v) is 14.8. The Kier molecular flexibility index (Phi) is 4.24. The summed E-state index contributed by atoms with van der Waals surface area (Å²) in [6.07, 6.45) is 0.639. The minimum atomic E-state index is -1.00. The number of ether oxygens (including phenoxy) is 1. The number of rotatable bonds is 4. The summed E-state index contributed by atoms with van der Waals surface area (Å²) in [5.41, 5.74) is 1.43. The fourth-order valence-electron chi connectivity index (χ4n) is 3.84. The zero-order chi connectivity index (χ0) is 18.4. The molecule has 2 aromatic rings. The molecule has 8 heteroatoms. The van der Waals surface area contributed by atoms with Crippen molar-refractivity contribution in [2.24, 2.45) is 11.8 Å². The van der Waals surface area contributed by atoms with Gasteiger partial charge < -0.3 is 15.2 Å². The Morgan fingerprint density at radius 1 is 1.23 bits per heavy atom. The van der Waals surface area contributed by atoms with Crippen molar-refractivity contribution in [2.45, 2.75) is 32.0 Å². The van der Waals surface area contributed by atoms with Crippen molar-refractivity contribution in [3.63, 3.8) is 0 Å². The number of benzene rings is 1. The van der Waals surface area contributed by atoms with E-state index in [9.17, 15) is 19.1 Å². The second-order valence-electron chi connectivity index (χ2n) is 6.60. The van der Waals surface area contributed by atoms with E-state index in [2.05, 4.69) is 10.3 Å². The SMILES string of the molecule is Cc1sc(NC(=O)[C@H]2[C@@H](C(=O)O)[C@H]3CC[C@@H]2O3)nc1-c1ccc(F)cc1. The van der Waals surface area contributed by atoms with E-state index in [-0.39, 0.29) is 23.9 Å². The largest absolute Gasteiger partial charge is 0.481 e. The molecular weight excluding hydrogens is 359 g/mol. The minimum absolute atomic E-state index is 0.328. The van der Waals surface area contributed by atoms with E-state index in [1.807, 2.05) is 6.92 Å². The van der Waals surface area contributed by atoms with Crippen LogP contribution in [-0.4, -0.2) is 34.2 Å². The maximum absolute atomic E-state index is 13.1. The number of hydrogen-bond acceptors (Lipinski definition) is 5. The Morgan fingerprint density at radius 2 is 1.88 bits per heavy atom. The topological polar surface area (TPSA) is 88.5 Å². The Morgan fingerprint density at radius 3 is 2.54 bits per heavy atom. The molecule has 136 valence electrons. The number of hydrogen-bond donors (Lipinski definition) is 2. The normalized spacial score (nSPS) is 26.8. The van der Waals surface area contributed by atoms with E-state index in [1.165, 1.54) is 23.5 Å². The molecule has 1 aromatic heterocycles. The smallest absolute Gasteiger partial charge is 0.310 e. The number of aliphatic carboxylic acids is 1. The molecule has 0 aliphatic carbocycles. The molecule has 26 heavy (non-hydrogen) atoms. The summed E-state index contributed by atoms with van der Waals surface area (Å²) in [6.45, 7) is 1.87. The number of carboxylic acid groups (broad SMARTS) is 1. The first-order chi connectivity index (χ1) is 12.4. The van der Waals surface area contributed by atoms with Gasteiger partial charge in [-0.3, -0.25) is 9.59 Å². The molecule has 4 atom stereocenters. The highest BCUT2D eigenvalue weighted by molar-refractivity contribution is 7.16. The van der Waals surface area contributed by atoms with Crippen molar-refractivity contribution < 1.29 is 23.8 Å². The molecule has 0 saturated carbocycles. The molecule has 0 spiro atoms. The third-order valence-electron chi connectivity index (χ3n) is 5.01. The van der Waals surface area contributed by atoms with Crippen molar-refractivity contribution in [1.82, 2.24) is 4.98 Å². The van der Waals surface area contributed by atoms with Crippen LogP contribution in [0.4, 0.5) is 9.52 Å². The van der Waals surface area contributed by atoms with Gasteiger partial charge in [-0.2, -0.15) is 0 Å². The Balaban J connectivity index is 1.54. The third-order valence-corrected chi connectivity index (χ3v) is 5.89. The van der Waals surface area contributed by atoms with Gasteiger partial charge in [0.2, 0.25) is 5.91 Å². The number of aryl methyl sites for hydroxylation is 1. The maximum Gasteiger partial charge on any atom is 0.310 e. The molecule has 2 bridgehead atoms. The van der Waals surface area contributed by atoms with Gasteiger partial charge in [0, 0.05) is 10.4 Å². The van der Waals surface area contributed by atoms with E-state index in [4.69, 9.17) is 4.74 Å². The highest BCUT2D eigenvalue weighted by Crippen LogP contribution is 2.44. The molecule has 0 unspecified atom stereocenters. The van der Waals surface area contributed by atoms with E-state index in [0.717, 1.165) is 10.4 Å². The molecule has 2 aliphatic rings. The van der Waals surface area contributed by atoms with Crippen molar-refractivity contribution in [3.8, 4) is 11.3 Å². The average molecular weight is 376 g/mol. The van der Waals surface area contributed by atoms with E-state index in [0.29, 0.717) is 23.7 Å². The number of amides is 1. The highest BCUT2D eigenvalue weighted by atomic mass is 32.1. The molecule has 2 aliphatic heterocycles. The van der Waals surface area contributed by atoms with Crippen molar-refractivity contribution in [3.05, 3.63) is 35.0 Å². The number of aromatic nitrogens is 1. The van der Waals surface area contributed by atoms with Crippen molar-refractivity contribution in [1.29, 1.82) is 0 Å². The fourth-order valence-corrected chi connectivity index (χ4v) is 4.68. The fraction of sp³-hybridized carbons (Fsp3) is 0.389. The quantitative estimate of drug-likeness (QED) is 0.856. The van der Waals surface area contributed by atoms with Gasteiger partial charge in [-0.15, -0.1) is 11.3 Å². The molecule has 2 saturated heterocycles. The lowest BCUT2D eigenvalue weighted by atomic mass is 9.79. The number of carbonyl (C=O) groups is 2. The number of nitrogens with zero attached hydrogens (tertiary/aromatic N) is 1.